The van der Waals surface area contributed by atoms with Crippen molar-refractivity contribution in [2.45, 2.75) is 14.0 Å². The Bertz CT molecular complexity index is 285. The summed E-state index contributed by atoms with van der Waals surface area (Å²) in [5.41, 5.74) is 0. The van der Waals surface area contributed by atoms with Crippen LogP contribution in [0.15, 0.2) is 15.3 Å². The molecule has 1 aromatic heterocycles. The maximum absolute atomic E-state index is 10.2. The molecule has 0 aliphatic heterocycles. The molecule has 1 aromatic rings. The van der Waals surface area contributed by atoms with Crippen LogP contribution in [0.3, 0.4) is 0 Å². The number of hydrogen-bond donors (Lipinski definition) is 1. The third-order valence-electron chi connectivity index (χ3n) is 0.986. The molecule has 0 bridgehead atoms. The third-order valence-corrected chi connectivity index (χ3v) is 2.01. The topological polar surface area (TPSA) is 55.1 Å². The highest BCUT2D eigenvalue weighted by Gasteiger charge is 2.05. The van der Waals surface area contributed by atoms with E-state index in [9.17, 15) is 4.79 Å². The molecule has 0 aliphatic carbocycles. The molecule has 1 rings (SSSR count). The molecular formula is C6H8Br2N2O2. The SMILES string of the molecule is C.O=C(O)Cn1nc(Br)cc1Br. The van der Waals surface area contributed by atoms with Gasteiger partial charge < -0.3 is 5.11 Å². The highest BCUT2D eigenvalue weighted by molar-refractivity contribution is 9.11. The summed E-state index contributed by atoms with van der Waals surface area (Å²) in [6, 6.07) is 1.68. The normalized spacial score (nSPS) is 9.17. The monoisotopic (exact) mass is 298 g/mol. The summed E-state index contributed by atoms with van der Waals surface area (Å²) < 4.78 is 2.60. The van der Waals surface area contributed by atoms with Crippen molar-refractivity contribution in [1.29, 1.82) is 0 Å². The first-order chi connectivity index (χ1) is 5.09. The summed E-state index contributed by atoms with van der Waals surface area (Å²) in [7, 11) is 0. The number of aliphatic carboxylic acids is 1. The predicted molar refractivity (Wildman–Crippen MR) is 52.0 cm³/mol. The van der Waals surface area contributed by atoms with E-state index in [1.165, 1.54) is 4.68 Å². The molecule has 0 aliphatic rings. The fourth-order valence-electron chi connectivity index (χ4n) is 0.604. The van der Waals surface area contributed by atoms with Crippen molar-refractivity contribution in [3.63, 3.8) is 0 Å². The zero-order valence-electron chi connectivity index (χ0n) is 5.29. The molecule has 0 unspecified atom stereocenters. The van der Waals surface area contributed by atoms with Crippen molar-refractivity contribution < 1.29 is 9.90 Å². The lowest BCUT2D eigenvalue weighted by Crippen LogP contribution is -2.10. The second-order valence-corrected chi connectivity index (χ2v) is 3.47. The van der Waals surface area contributed by atoms with Crippen LogP contribution >= 0.6 is 31.9 Å². The molecule has 0 aromatic carbocycles. The molecular weight excluding hydrogens is 292 g/mol. The molecule has 68 valence electrons. The van der Waals surface area contributed by atoms with Crippen LogP contribution in [0, 0.1) is 0 Å². The van der Waals surface area contributed by atoms with Gasteiger partial charge in [-0.25, -0.2) is 4.68 Å². The maximum Gasteiger partial charge on any atom is 0.325 e. The Morgan fingerprint density at radius 1 is 1.67 bits per heavy atom. The Balaban J connectivity index is 0.00000121. The van der Waals surface area contributed by atoms with Crippen LogP contribution in [0.5, 0.6) is 0 Å². The number of halogens is 2. The fourth-order valence-corrected chi connectivity index (χ4v) is 1.74. The van der Waals surface area contributed by atoms with Crippen LogP contribution in [0.25, 0.3) is 0 Å². The Morgan fingerprint density at radius 2 is 2.25 bits per heavy atom. The number of hydrogen-bond acceptors (Lipinski definition) is 2. The standard InChI is InChI=1S/C5H4Br2N2O2.CH4/c6-3-1-4(7)9(8-3)2-5(10)11;/h1H,2H2,(H,10,11);1H4. The van der Waals surface area contributed by atoms with Crippen LogP contribution in [0.1, 0.15) is 7.43 Å². The van der Waals surface area contributed by atoms with Gasteiger partial charge in [0.25, 0.3) is 0 Å². The van der Waals surface area contributed by atoms with Crippen LogP contribution in [0.4, 0.5) is 0 Å². The van der Waals surface area contributed by atoms with Gasteiger partial charge in [0.1, 0.15) is 15.8 Å². The minimum absolute atomic E-state index is 0. The van der Waals surface area contributed by atoms with Crippen molar-refractivity contribution in [3.8, 4) is 0 Å². The minimum atomic E-state index is -0.915. The third kappa shape index (κ3) is 2.94. The van der Waals surface area contributed by atoms with Gasteiger partial charge in [-0.3, -0.25) is 4.79 Å². The van der Waals surface area contributed by atoms with Gasteiger partial charge in [-0.05, 0) is 31.9 Å². The predicted octanol–water partition coefficient (Wildman–Crippen LogP) is 2.13. The number of carboxylic acids is 1. The molecule has 0 fully saturated rings. The fraction of sp³-hybridized carbons (Fsp3) is 0.333. The van der Waals surface area contributed by atoms with Crippen LogP contribution in [-0.4, -0.2) is 20.9 Å². The lowest BCUT2D eigenvalue weighted by molar-refractivity contribution is -0.137. The van der Waals surface area contributed by atoms with Gasteiger partial charge in [-0.1, -0.05) is 7.43 Å². The first-order valence-corrected chi connectivity index (χ1v) is 4.29. The summed E-state index contributed by atoms with van der Waals surface area (Å²) >= 11 is 6.27. The molecule has 1 N–H and O–H groups in total. The second kappa shape index (κ2) is 4.61. The van der Waals surface area contributed by atoms with Gasteiger partial charge in [-0.2, -0.15) is 5.10 Å². The molecule has 4 nitrogen and oxygen atoms in total. The van der Waals surface area contributed by atoms with E-state index in [-0.39, 0.29) is 14.0 Å². The van der Waals surface area contributed by atoms with Crippen molar-refractivity contribution in [2.75, 3.05) is 0 Å². The Morgan fingerprint density at radius 3 is 2.58 bits per heavy atom. The van der Waals surface area contributed by atoms with Gasteiger partial charge in [0.2, 0.25) is 0 Å². The van der Waals surface area contributed by atoms with E-state index >= 15 is 0 Å². The Hall–Kier alpha value is -0.360. The van der Waals surface area contributed by atoms with Crippen LogP contribution in [-0.2, 0) is 11.3 Å². The molecule has 0 atom stereocenters. The van der Waals surface area contributed by atoms with Gasteiger partial charge in [0, 0.05) is 6.07 Å². The molecule has 6 heteroatoms. The molecule has 12 heavy (non-hydrogen) atoms. The van der Waals surface area contributed by atoms with Crippen molar-refractivity contribution in [1.82, 2.24) is 9.78 Å². The van der Waals surface area contributed by atoms with Crippen LogP contribution in [0.2, 0.25) is 0 Å². The van der Waals surface area contributed by atoms with E-state index in [1.807, 2.05) is 0 Å². The summed E-state index contributed by atoms with van der Waals surface area (Å²) in [6.07, 6.45) is 0. The van der Waals surface area contributed by atoms with Gasteiger partial charge >= 0.3 is 5.97 Å². The second-order valence-electron chi connectivity index (χ2n) is 1.84. The maximum atomic E-state index is 10.2. The zero-order valence-corrected chi connectivity index (χ0v) is 8.46. The molecule has 0 spiro atoms. The van der Waals surface area contributed by atoms with E-state index in [2.05, 4.69) is 37.0 Å². The van der Waals surface area contributed by atoms with Gasteiger partial charge in [-0.15, -0.1) is 0 Å². The van der Waals surface area contributed by atoms with Gasteiger partial charge in [0.15, 0.2) is 0 Å². The number of carboxylic acid groups (broad SMARTS) is 1. The number of carbonyl (C=O) groups is 1. The van der Waals surface area contributed by atoms with E-state index in [1.54, 1.807) is 6.07 Å². The molecule has 0 saturated heterocycles. The number of aromatic nitrogens is 2. The quantitative estimate of drug-likeness (QED) is 0.910. The summed E-state index contributed by atoms with van der Waals surface area (Å²) in [5, 5.41) is 12.3. The van der Waals surface area contributed by atoms with Gasteiger partial charge in [0.05, 0.1) is 0 Å². The van der Waals surface area contributed by atoms with Crippen molar-refractivity contribution >= 4 is 37.8 Å². The molecule has 0 amide bonds. The first kappa shape index (κ1) is 11.6. The minimum Gasteiger partial charge on any atom is -0.480 e. The lowest BCUT2D eigenvalue weighted by Gasteiger charge is -1.95. The summed E-state index contributed by atoms with van der Waals surface area (Å²) in [4.78, 5) is 10.2. The summed E-state index contributed by atoms with van der Waals surface area (Å²) in [6.45, 7) is -0.133. The average molecular weight is 300 g/mol. The van der Waals surface area contributed by atoms with E-state index in [0.29, 0.717) is 9.21 Å². The number of rotatable bonds is 2. The summed E-state index contributed by atoms with van der Waals surface area (Å²) in [5.74, 6) is -0.915. The zero-order chi connectivity index (χ0) is 8.43. The molecule has 0 radical (unpaired) electrons. The smallest absolute Gasteiger partial charge is 0.325 e. The Kier molecular flexibility index (Phi) is 4.47. The van der Waals surface area contributed by atoms with Crippen molar-refractivity contribution in [2.24, 2.45) is 0 Å². The first-order valence-electron chi connectivity index (χ1n) is 2.70. The highest BCUT2D eigenvalue weighted by atomic mass is 79.9. The Labute approximate surface area is 86.8 Å². The molecule has 0 saturated carbocycles. The van der Waals surface area contributed by atoms with E-state index in [4.69, 9.17) is 5.11 Å². The van der Waals surface area contributed by atoms with Crippen LogP contribution < -0.4 is 0 Å². The number of nitrogens with zero attached hydrogens (tertiary/aromatic N) is 2. The highest BCUT2D eigenvalue weighted by Crippen LogP contribution is 2.15. The van der Waals surface area contributed by atoms with E-state index < -0.39 is 5.97 Å². The lowest BCUT2D eigenvalue weighted by atomic mass is 10.6. The largest absolute Gasteiger partial charge is 0.480 e. The average Bonchev–Trinajstić information content (AvgIpc) is 2.09. The van der Waals surface area contributed by atoms with Crippen molar-refractivity contribution in [3.05, 3.63) is 15.3 Å². The van der Waals surface area contributed by atoms with E-state index in [0.717, 1.165) is 0 Å². The molecule has 1 heterocycles.